The minimum Gasteiger partial charge on any atom is -0.410 e. The molecule has 1 unspecified atom stereocenters. The van der Waals surface area contributed by atoms with Crippen molar-refractivity contribution in [2.24, 2.45) is 5.41 Å². The van der Waals surface area contributed by atoms with Crippen molar-refractivity contribution >= 4 is 7.12 Å². The van der Waals surface area contributed by atoms with Crippen LogP contribution in [0, 0.1) is 5.41 Å². The van der Waals surface area contributed by atoms with Gasteiger partial charge < -0.3 is 9.31 Å². The van der Waals surface area contributed by atoms with Crippen molar-refractivity contribution in [1.82, 2.24) is 0 Å². The molecule has 1 rings (SSSR count). The minimum absolute atomic E-state index is 0.0548. The molecule has 0 amide bonds. The van der Waals surface area contributed by atoms with Crippen molar-refractivity contribution < 1.29 is 9.31 Å². The number of rotatable bonds is 9. The fraction of sp³-hybridized carbons (Fsp3) is 1.00. The Labute approximate surface area is 120 Å². The molecule has 0 aromatic rings. The Bertz CT molecular complexity index is 221. The van der Waals surface area contributed by atoms with Crippen LogP contribution in [0.4, 0.5) is 0 Å². The molecule has 0 aliphatic carbocycles. The molecule has 1 heterocycles. The van der Waals surface area contributed by atoms with Gasteiger partial charge in [-0.3, -0.25) is 0 Å². The summed E-state index contributed by atoms with van der Waals surface area (Å²) in [5.41, 5.74) is 0.189. The minimum atomic E-state index is 0.0548. The Kier molecular flexibility index (Phi) is 8.09. The third-order valence-corrected chi connectivity index (χ3v) is 4.00. The van der Waals surface area contributed by atoms with Crippen molar-refractivity contribution in [2.45, 2.75) is 84.9 Å². The maximum Gasteiger partial charge on any atom is 0.460 e. The predicted molar refractivity (Wildman–Crippen MR) is 83.5 cm³/mol. The fourth-order valence-electron chi connectivity index (χ4n) is 2.77. The third kappa shape index (κ3) is 6.81. The first-order chi connectivity index (χ1) is 9.09. The van der Waals surface area contributed by atoms with E-state index in [0.717, 1.165) is 13.2 Å². The van der Waals surface area contributed by atoms with Gasteiger partial charge in [-0.15, -0.1) is 0 Å². The summed E-state index contributed by atoms with van der Waals surface area (Å²) in [6, 6.07) is 0. The molecule has 112 valence electrons. The van der Waals surface area contributed by atoms with Gasteiger partial charge in [0.2, 0.25) is 0 Å². The first-order valence-corrected chi connectivity index (χ1v) is 8.32. The lowest BCUT2D eigenvalue weighted by atomic mass is 9.65. The molecule has 2 nitrogen and oxygen atoms in total. The van der Waals surface area contributed by atoms with Crippen molar-refractivity contribution in [1.29, 1.82) is 0 Å². The van der Waals surface area contributed by atoms with E-state index < -0.39 is 0 Å². The Morgan fingerprint density at radius 2 is 1.53 bits per heavy atom. The highest BCUT2D eigenvalue weighted by Gasteiger charge is 2.37. The third-order valence-electron chi connectivity index (χ3n) is 4.00. The van der Waals surface area contributed by atoms with E-state index in [2.05, 4.69) is 27.7 Å². The molecular weight excluding hydrogens is 235 g/mol. The highest BCUT2D eigenvalue weighted by atomic mass is 16.6. The van der Waals surface area contributed by atoms with Crippen molar-refractivity contribution in [3.8, 4) is 0 Å². The average Bonchev–Trinajstić information content (AvgIpc) is 2.37. The molecule has 1 saturated heterocycles. The van der Waals surface area contributed by atoms with Crippen LogP contribution in [0.25, 0.3) is 0 Å². The average molecular weight is 268 g/mol. The topological polar surface area (TPSA) is 18.5 Å². The smallest absolute Gasteiger partial charge is 0.410 e. The number of hydrogen-bond acceptors (Lipinski definition) is 2. The first kappa shape index (κ1) is 17.0. The Balaban J connectivity index is 2.27. The summed E-state index contributed by atoms with van der Waals surface area (Å²) in [4.78, 5) is 0. The number of hydrogen-bond donors (Lipinski definition) is 0. The molecule has 1 fully saturated rings. The summed E-state index contributed by atoms with van der Waals surface area (Å²) in [5, 5.41) is 0. The molecule has 0 spiro atoms. The number of unbranched alkanes of at least 4 members (excludes halogenated alkanes) is 4. The summed E-state index contributed by atoms with van der Waals surface area (Å²) in [6.45, 7) is 10.6. The van der Waals surface area contributed by atoms with E-state index in [1.165, 1.54) is 51.4 Å². The van der Waals surface area contributed by atoms with Crippen LogP contribution >= 0.6 is 0 Å². The van der Waals surface area contributed by atoms with Crippen molar-refractivity contribution in [3.05, 3.63) is 0 Å². The summed E-state index contributed by atoms with van der Waals surface area (Å²) in [6.07, 6.45) is 10.5. The van der Waals surface area contributed by atoms with Crippen LogP contribution in [0.1, 0.15) is 79.1 Å². The van der Waals surface area contributed by atoms with E-state index in [-0.39, 0.29) is 12.5 Å². The van der Waals surface area contributed by atoms with Crippen LogP contribution in [-0.4, -0.2) is 20.3 Å². The molecule has 0 radical (unpaired) electrons. The highest BCUT2D eigenvalue weighted by molar-refractivity contribution is 6.46. The largest absolute Gasteiger partial charge is 0.460 e. The maximum absolute atomic E-state index is 5.96. The molecule has 19 heavy (non-hydrogen) atoms. The molecule has 0 aromatic carbocycles. The van der Waals surface area contributed by atoms with Gasteiger partial charge >= 0.3 is 7.12 Å². The normalized spacial score (nSPS) is 20.5. The second-order valence-electron chi connectivity index (χ2n) is 6.91. The van der Waals surface area contributed by atoms with Crippen molar-refractivity contribution in [3.63, 3.8) is 0 Å². The van der Waals surface area contributed by atoms with Gasteiger partial charge in [0.25, 0.3) is 0 Å². The Hall–Kier alpha value is -0.0151. The van der Waals surface area contributed by atoms with Gasteiger partial charge in [0.05, 0.1) is 0 Å². The molecule has 1 atom stereocenters. The Morgan fingerprint density at radius 3 is 2.11 bits per heavy atom. The monoisotopic (exact) mass is 268 g/mol. The van der Waals surface area contributed by atoms with Gasteiger partial charge in [0, 0.05) is 18.6 Å². The summed E-state index contributed by atoms with van der Waals surface area (Å²) in [7, 11) is 0.0548. The molecule has 1 aliphatic rings. The highest BCUT2D eigenvalue weighted by Crippen LogP contribution is 2.31. The van der Waals surface area contributed by atoms with E-state index in [0.29, 0.717) is 5.82 Å². The SMILES string of the molecule is CCCCCCCC(CCC)B1OCC(C)(C)CO1. The van der Waals surface area contributed by atoms with Crippen LogP contribution < -0.4 is 0 Å². The van der Waals surface area contributed by atoms with E-state index >= 15 is 0 Å². The molecule has 0 N–H and O–H groups in total. The molecule has 0 aromatic heterocycles. The van der Waals surface area contributed by atoms with Gasteiger partial charge in [-0.1, -0.05) is 79.1 Å². The standard InChI is InChI=1S/C16H33BO2/c1-5-7-8-9-10-12-15(11-6-2)17-18-13-16(3,4)14-19-17/h15H,5-14H2,1-4H3. The van der Waals surface area contributed by atoms with E-state index in [1.54, 1.807) is 0 Å². The zero-order valence-electron chi connectivity index (χ0n) is 13.5. The molecular formula is C16H33BO2. The summed E-state index contributed by atoms with van der Waals surface area (Å²) >= 11 is 0. The van der Waals surface area contributed by atoms with Gasteiger partial charge in [-0.2, -0.15) is 0 Å². The van der Waals surface area contributed by atoms with Crippen LogP contribution in [0.3, 0.4) is 0 Å². The first-order valence-electron chi connectivity index (χ1n) is 8.32. The van der Waals surface area contributed by atoms with Crippen LogP contribution in [0.5, 0.6) is 0 Å². The second kappa shape index (κ2) is 9.02. The van der Waals surface area contributed by atoms with Crippen LogP contribution in [0.2, 0.25) is 5.82 Å². The van der Waals surface area contributed by atoms with E-state index in [9.17, 15) is 0 Å². The molecule has 3 heteroatoms. The Morgan fingerprint density at radius 1 is 0.895 bits per heavy atom. The van der Waals surface area contributed by atoms with E-state index in [1.807, 2.05) is 0 Å². The maximum atomic E-state index is 5.96. The molecule has 0 saturated carbocycles. The van der Waals surface area contributed by atoms with E-state index in [4.69, 9.17) is 9.31 Å². The quantitative estimate of drug-likeness (QED) is 0.429. The van der Waals surface area contributed by atoms with Gasteiger partial charge in [-0.25, -0.2) is 0 Å². The van der Waals surface area contributed by atoms with Gasteiger partial charge in [0.15, 0.2) is 0 Å². The zero-order chi connectivity index (χ0) is 14.1. The van der Waals surface area contributed by atoms with Gasteiger partial charge in [0.1, 0.15) is 0 Å². The van der Waals surface area contributed by atoms with Crippen molar-refractivity contribution in [2.75, 3.05) is 13.2 Å². The zero-order valence-corrected chi connectivity index (χ0v) is 13.5. The lowest BCUT2D eigenvalue weighted by Crippen LogP contribution is -2.43. The van der Waals surface area contributed by atoms with Crippen LogP contribution in [0.15, 0.2) is 0 Å². The molecule has 0 bridgehead atoms. The summed E-state index contributed by atoms with van der Waals surface area (Å²) < 4.78 is 11.9. The lowest BCUT2D eigenvalue weighted by Gasteiger charge is -2.36. The molecule has 1 aliphatic heterocycles. The summed E-state index contributed by atoms with van der Waals surface area (Å²) in [5.74, 6) is 0.600. The van der Waals surface area contributed by atoms with Crippen LogP contribution in [-0.2, 0) is 9.31 Å². The van der Waals surface area contributed by atoms with Gasteiger partial charge in [-0.05, 0) is 5.82 Å². The lowest BCUT2D eigenvalue weighted by molar-refractivity contribution is 0.0229. The fourth-order valence-corrected chi connectivity index (χ4v) is 2.77. The predicted octanol–water partition coefficient (Wildman–Crippen LogP) is 5.08. The second-order valence-corrected chi connectivity index (χ2v) is 6.91.